The van der Waals surface area contributed by atoms with Crippen LogP contribution >= 0.6 is 11.9 Å². The highest BCUT2D eigenvalue weighted by Crippen LogP contribution is 2.32. The van der Waals surface area contributed by atoms with Crippen molar-refractivity contribution < 1.29 is 23.1 Å². The number of carboxylic acids is 1. The number of carboxylic acid groups (broad SMARTS) is 1. The zero-order chi connectivity index (χ0) is 18.7. The Hall–Kier alpha value is -2.19. The number of alkyl halides is 3. The van der Waals surface area contributed by atoms with Crippen LogP contribution in [-0.4, -0.2) is 41.6 Å². The van der Waals surface area contributed by atoms with Gasteiger partial charge in [-0.25, -0.2) is 9.10 Å². The van der Waals surface area contributed by atoms with Gasteiger partial charge in [0.15, 0.2) is 0 Å². The summed E-state index contributed by atoms with van der Waals surface area (Å²) in [5.74, 6) is -0.971. The van der Waals surface area contributed by atoms with Crippen molar-refractivity contribution in [2.24, 2.45) is 0 Å². The highest BCUT2D eigenvalue weighted by atomic mass is 32.2. The van der Waals surface area contributed by atoms with Crippen LogP contribution in [0.2, 0.25) is 0 Å². The van der Waals surface area contributed by atoms with Gasteiger partial charge in [0.2, 0.25) is 0 Å². The third-order valence-corrected chi connectivity index (χ3v) is 5.18. The first-order valence-corrected chi connectivity index (χ1v) is 8.79. The molecule has 8 heteroatoms. The SMILES string of the molecule is O=C(O)c1cccc(SN2CCN(c3cccc(C(F)(F)F)c3)CC2)c1. The Labute approximate surface area is 153 Å². The summed E-state index contributed by atoms with van der Waals surface area (Å²) >= 11 is 1.46. The Bertz CT molecular complexity index is 790. The Kier molecular flexibility index (Phi) is 5.43. The van der Waals surface area contributed by atoms with E-state index in [-0.39, 0.29) is 5.56 Å². The number of aromatic carboxylic acids is 1. The lowest BCUT2D eigenvalue weighted by Crippen LogP contribution is -2.43. The minimum Gasteiger partial charge on any atom is -0.478 e. The van der Waals surface area contributed by atoms with Crippen LogP contribution in [0.4, 0.5) is 18.9 Å². The fourth-order valence-electron chi connectivity index (χ4n) is 2.75. The van der Waals surface area contributed by atoms with Crippen molar-refractivity contribution >= 4 is 23.6 Å². The number of piperazine rings is 1. The summed E-state index contributed by atoms with van der Waals surface area (Å²) in [7, 11) is 0. The molecule has 2 aromatic rings. The Morgan fingerprint density at radius 3 is 2.35 bits per heavy atom. The molecule has 26 heavy (non-hydrogen) atoms. The average molecular weight is 382 g/mol. The Morgan fingerprint density at radius 1 is 1.00 bits per heavy atom. The van der Waals surface area contributed by atoms with E-state index in [9.17, 15) is 18.0 Å². The molecular formula is C18H17F3N2O2S. The van der Waals surface area contributed by atoms with E-state index in [1.807, 2.05) is 11.0 Å². The van der Waals surface area contributed by atoms with Gasteiger partial charge < -0.3 is 10.0 Å². The van der Waals surface area contributed by atoms with Crippen LogP contribution in [0.1, 0.15) is 15.9 Å². The molecule has 1 saturated heterocycles. The lowest BCUT2D eigenvalue weighted by Gasteiger charge is -2.35. The number of nitrogens with zero attached hydrogens (tertiary/aromatic N) is 2. The van der Waals surface area contributed by atoms with E-state index in [1.165, 1.54) is 30.1 Å². The number of halogens is 3. The highest BCUT2D eigenvalue weighted by molar-refractivity contribution is 7.97. The fraction of sp³-hybridized carbons (Fsp3) is 0.278. The smallest absolute Gasteiger partial charge is 0.416 e. The van der Waals surface area contributed by atoms with Crippen LogP contribution < -0.4 is 4.90 Å². The van der Waals surface area contributed by atoms with Gasteiger partial charge in [0.25, 0.3) is 0 Å². The van der Waals surface area contributed by atoms with Crippen LogP contribution in [0.5, 0.6) is 0 Å². The van der Waals surface area contributed by atoms with Gasteiger partial charge >= 0.3 is 12.1 Å². The summed E-state index contributed by atoms with van der Waals surface area (Å²) in [6.45, 7) is 2.54. The molecule has 3 rings (SSSR count). The van der Waals surface area contributed by atoms with E-state index in [2.05, 4.69) is 4.31 Å². The molecular weight excluding hydrogens is 365 g/mol. The molecule has 0 aliphatic carbocycles. The normalized spacial score (nSPS) is 15.9. The highest BCUT2D eigenvalue weighted by Gasteiger charge is 2.31. The van der Waals surface area contributed by atoms with Gasteiger partial charge in [-0.05, 0) is 48.3 Å². The van der Waals surface area contributed by atoms with E-state index >= 15 is 0 Å². The van der Waals surface area contributed by atoms with E-state index in [1.54, 1.807) is 18.2 Å². The first kappa shape index (κ1) is 18.6. The second-order valence-electron chi connectivity index (χ2n) is 5.89. The average Bonchev–Trinajstić information content (AvgIpc) is 2.62. The van der Waals surface area contributed by atoms with Crippen molar-refractivity contribution in [3.05, 3.63) is 59.7 Å². The molecule has 1 heterocycles. The molecule has 0 radical (unpaired) electrons. The lowest BCUT2D eigenvalue weighted by atomic mass is 10.1. The molecule has 0 aromatic heterocycles. The summed E-state index contributed by atoms with van der Waals surface area (Å²) < 4.78 is 40.7. The van der Waals surface area contributed by atoms with Crippen LogP contribution in [-0.2, 0) is 6.18 Å². The molecule has 1 aliphatic heterocycles. The summed E-state index contributed by atoms with van der Waals surface area (Å²) in [4.78, 5) is 13.8. The molecule has 1 N–H and O–H groups in total. The minimum atomic E-state index is -4.34. The molecule has 2 aromatic carbocycles. The van der Waals surface area contributed by atoms with Crippen LogP contribution in [0.15, 0.2) is 53.4 Å². The van der Waals surface area contributed by atoms with Gasteiger partial charge in [-0.1, -0.05) is 12.1 Å². The number of rotatable bonds is 4. The zero-order valence-electron chi connectivity index (χ0n) is 13.7. The molecule has 0 bridgehead atoms. The standard InChI is InChI=1S/C18H17F3N2O2S/c19-18(20,21)14-4-2-5-15(12-14)22-7-9-23(10-8-22)26-16-6-1-3-13(11-16)17(24)25/h1-6,11-12H,7-10H2,(H,24,25). The first-order valence-electron chi connectivity index (χ1n) is 8.01. The summed E-state index contributed by atoms with van der Waals surface area (Å²) in [6.07, 6.45) is -4.34. The largest absolute Gasteiger partial charge is 0.478 e. The molecule has 0 amide bonds. The zero-order valence-corrected chi connectivity index (χ0v) is 14.6. The van der Waals surface area contributed by atoms with Crippen molar-refractivity contribution in [2.75, 3.05) is 31.1 Å². The number of hydrogen-bond acceptors (Lipinski definition) is 4. The maximum atomic E-state index is 12.9. The quantitative estimate of drug-likeness (QED) is 0.802. The van der Waals surface area contributed by atoms with Crippen molar-refractivity contribution in [2.45, 2.75) is 11.1 Å². The van der Waals surface area contributed by atoms with E-state index in [0.717, 1.165) is 11.0 Å². The summed E-state index contributed by atoms with van der Waals surface area (Å²) in [6, 6.07) is 12.1. The van der Waals surface area contributed by atoms with Crippen LogP contribution in [0, 0.1) is 0 Å². The molecule has 1 aliphatic rings. The second kappa shape index (κ2) is 7.59. The van der Waals surface area contributed by atoms with E-state index in [4.69, 9.17) is 5.11 Å². The Balaban J connectivity index is 1.61. The van der Waals surface area contributed by atoms with Crippen molar-refractivity contribution in [3.63, 3.8) is 0 Å². The van der Waals surface area contributed by atoms with Gasteiger partial charge in [0.05, 0.1) is 11.1 Å². The number of anilines is 1. The van der Waals surface area contributed by atoms with Gasteiger partial charge in [-0.3, -0.25) is 0 Å². The molecule has 0 unspecified atom stereocenters. The maximum absolute atomic E-state index is 12.9. The summed E-state index contributed by atoms with van der Waals surface area (Å²) in [5, 5.41) is 9.05. The van der Waals surface area contributed by atoms with Crippen LogP contribution in [0.25, 0.3) is 0 Å². The van der Waals surface area contributed by atoms with Gasteiger partial charge in [-0.15, -0.1) is 0 Å². The third kappa shape index (κ3) is 4.50. The minimum absolute atomic E-state index is 0.234. The van der Waals surface area contributed by atoms with E-state index < -0.39 is 17.7 Å². The van der Waals surface area contributed by atoms with Gasteiger partial charge in [0, 0.05) is 36.8 Å². The molecule has 4 nitrogen and oxygen atoms in total. The number of benzene rings is 2. The molecule has 0 spiro atoms. The number of carbonyl (C=O) groups is 1. The topological polar surface area (TPSA) is 43.8 Å². The van der Waals surface area contributed by atoms with E-state index in [0.29, 0.717) is 31.9 Å². The molecule has 138 valence electrons. The van der Waals surface area contributed by atoms with Gasteiger partial charge in [-0.2, -0.15) is 13.2 Å². The molecule has 0 atom stereocenters. The molecule has 1 fully saturated rings. The fourth-order valence-corrected chi connectivity index (χ4v) is 3.71. The molecule has 0 saturated carbocycles. The predicted molar refractivity (Wildman–Crippen MR) is 94.5 cm³/mol. The van der Waals surface area contributed by atoms with Crippen molar-refractivity contribution in [3.8, 4) is 0 Å². The van der Waals surface area contributed by atoms with Crippen molar-refractivity contribution in [1.82, 2.24) is 4.31 Å². The lowest BCUT2D eigenvalue weighted by molar-refractivity contribution is -0.137. The first-order chi connectivity index (χ1) is 12.3. The Morgan fingerprint density at radius 2 is 1.69 bits per heavy atom. The predicted octanol–water partition coefficient (Wildman–Crippen LogP) is 4.23. The van der Waals surface area contributed by atoms with Gasteiger partial charge in [0.1, 0.15) is 0 Å². The maximum Gasteiger partial charge on any atom is 0.416 e. The third-order valence-electron chi connectivity index (χ3n) is 4.09. The number of hydrogen-bond donors (Lipinski definition) is 1. The van der Waals surface area contributed by atoms with Crippen LogP contribution in [0.3, 0.4) is 0 Å². The second-order valence-corrected chi connectivity index (χ2v) is 7.06. The summed E-state index contributed by atoms with van der Waals surface area (Å²) in [5.41, 5.74) is 0.159. The van der Waals surface area contributed by atoms with Crippen molar-refractivity contribution in [1.29, 1.82) is 0 Å². The monoisotopic (exact) mass is 382 g/mol.